The van der Waals surface area contributed by atoms with E-state index in [0.717, 1.165) is 22.6 Å². The molecule has 0 radical (unpaired) electrons. The molecule has 5 rings (SSSR count). The molecule has 1 aliphatic carbocycles. The van der Waals surface area contributed by atoms with Crippen LogP contribution in [0.1, 0.15) is 36.1 Å². The first-order valence-electron chi connectivity index (χ1n) is 9.77. The number of benzene rings is 2. The number of furan rings is 1. The molecular formula is C23H19N3O4. The van der Waals surface area contributed by atoms with E-state index in [-0.39, 0.29) is 23.8 Å². The van der Waals surface area contributed by atoms with Gasteiger partial charge in [0, 0.05) is 29.8 Å². The number of hydrogen-bond acceptors (Lipinski definition) is 6. The molecule has 0 saturated carbocycles. The van der Waals surface area contributed by atoms with E-state index in [9.17, 15) is 14.9 Å². The Morgan fingerprint density at radius 2 is 1.83 bits per heavy atom. The van der Waals surface area contributed by atoms with Crippen molar-refractivity contribution in [2.75, 3.05) is 10.6 Å². The largest absolute Gasteiger partial charge is 0.467 e. The molecule has 2 atom stereocenters. The van der Waals surface area contributed by atoms with E-state index in [0.29, 0.717) is 17.8 Å². The van der Waals surface area contributed by atoms with E-state index in [1.165, 1.54) is 6.07 Å². The van der Waals surface area contributed by atoms with Crippen LogP contribution in [-0.4, -0.2) is 10.7 Å². The summed E-state index contributed by atoms with van der Waals surface area (Å²) >= 11 is 0. The molecule has 3 aromatic rings. The Morgan fingerprint density at radius 1 is 1.00 bits per heavy atom. The van der Waals surface area contributed by atoms with Gasteiger partial charge in [-0.25, -0.2) is 0 Å². The number of ketones is 1. The number of allylic oxidation sites excluding steroid dienone is 1. The van der Waals surface area contributed by atoms with Crippen LogP contribution in [0, 0.1) is 10.1 Å². The van der Waals surface area contributed by atoms with Crippen molar-refractivity contribution in [2.24, 2.45) is 0 Å². The number of carbonyl (C=O) groups excluding carboxylic acids is 1. The molecule has 0 unspecified atom stereocenters. The molecule has 2 aromatic carbocycles. The quantitative estimate of drug-likeness (QED) is 0.464. The molecular weight excluding hydrogens is 382 g/mol. The summed E-state index contributed by atoms with van der Waals surface area (Å²) in [6.45, 7) is 0. The predicted molar refractivity (Wildman–Crippen MR) is 112 cm³/mol. The van der Waals surface area contributed by atoms with Gasteiger partial charge in [-0.05, 0) is 42.2 Å². The van der Waals surface area contributed by atoms with Crippen molar-refractivity contribution >= 4 is 22.8 Å². The summed E-state index contributed by atoms with van der Waals surface area (Å²) in [5.74, 6) is 0.538. The highest BCUT2D eigenvalue weighted by Crippen LogP contribution is 2.44. The molecule has 0 fully saturated rings. The third-order valence-corrected chi connectivity index (χ3v) is 5.69. The Kier molecular flexibility index (Phi) is 4.35. The van der Waals surface area contributed by atoms with Crippen LogP contribution >= 0.6 is 0 Å². The number of carbonyl (C=O) groups is 1. The van der Waals surface area contributed by atoms with Crippen LogP contribution in [0.3, 0.4) is 0 Å². The lowest BCUT2D eigenvalue weighted by Gasteiger charge is -2.28. The third kappa shape index (κ3) is 3.14. The smallest absolute Gasteiger partial charge is 0.269 e. The highest BCUT2D eigenvalue weighted by atomic mass is 16.6. The predicted octanol–water partition coefficient (Wildman–Crippen LogP) is 5.17. The third-order valence-electron chi connectivity index (χ3n) is 5.69. The molecule has 0 saturated heterocycles. The van der Waals surface area contributed by atoms with Gasteiger partial charge in [-0.1, -0.05) is 24.3 Å². The molecule has 7 nitrogen and oxygen atoms in total. The van der Waals surface area contributed by atoms with Gasteiger partial charge < -0.3 is 15.1 Å². The lowest BCUT2D eigenvalue weighted by Crippen LogP contribution is -2.26. The van der Waals surface area contributed by atoms with Gasteiger partial charge >= 0.3 is 0 Å². The lowest BCUT2D eigenvalue weighted by atomic mass is 9.79. The average molecular weight is 401 g/mol. The summed E-state index contributed by atoms with van der Waals surface area (Å²) in [4.78, 5) is 24.1. The van der Waals surface area contributed by atoms with Crippen molar-refractivity contribution in [3.8, 4) is 0 Å². The summed E-state index contributed by atoms with van der Waals surface area (Å²) in [7, 11) is 0. The number of nitrogens with zero attached hydrogens (tertiary/aromatic N) is 1. The molecule has 7 heteroatoms. The van der Waals surface area contributed by atoms with Crippen LogP contribution in [0.5, 0.6) is 0 Å². The fourth-order valence-corrected chi connectivity index (χ4v) is 4.29. The van der Waals surface area contributed by atoms with Crippen molar-refractivity contribution in [1.82, 2.24) is 0 Å². The summed E-state index contributed by atoms with van der Waals surface area (Å²) in [5.41, 5.74) is 4.07. The van der Waals surface area contributed by atoms with Crippen molar-refractivity contribution in [3.63, 3.8) is 0 Å². The van der Waals surface area contributed by atoms with E-state index in [2.05, 4.69) is 10.6 Å². The average Bonchev–Trinajstić information content (AvgIpc) is 3.22. The number of nitro benzene ring substituents is 1. The summed E-state index contributed by atoms with van der Waals surface area (Å²) < 4.78 is 5.64. The molecule has 0 bridgehead atoms. The first kappa shape index (κ1) is 18.2. The highest BCUT2D eigenvalue weighted by Gasteiger charge is 2.37. The molecule has 2 aliphatic rings. The maximum Gasteiger partial charge on any atom is 0.269 e. The van der Waals surface area contributed by atoms with Crippen molar-refractivity contribution in [1.29, 1.82) is 0 Å². The molecule has 0 spiro atoms. The van der Waals surface area contributed by atoms with Crippen LogP contribution in [0.15, 0.2) is 82.6 Å². The summed E-state index contributed by atoms with van der Waals surface area (Å²) in [5, 5.41) is 18.1. The number of Topliss-reactive ketones (excluding diaryl/α,β-unsaturated/α-hetero) is 1. The van der Waals surface area contributed by atoms with Crippen LogP contribution < -0.4 is 10.6 Å². The van der Waals surface area contributed by atoms with E-state index in [1.807, 2.05) is 36.4 Å². The van der Waals surface area contributed by atoms with E-state index in [4.69, 9.17) is 4.42 Å². The van der Waals surface area contributed by atoms with Gasteiger partial charge in [0.05, 0.1) is 22.6 Å². The Morgan fingerprint density at radius 3 is 2.60 bits per heavy atom. The lowest BCUT2D eigenvalue weighted by molar-refractivity contribution is -0.384. The monoisotopic (exact) mass is 401 g/mol. The van der Waals surface area contributed by atoms with Gasteiger partial charge in [-0.3, -0.25) is 14.9 Å². The fourth-order valence-electron chi connectivity index (χ4n) is 4.29. The minimum Gasteiger partial charge on any atom is -0.467 e. The Hall–Kier alpha value is -3.87. The number of para-hydroxylation sites is 2. The zero-order valence-electron chi connectivity index (χ0n) is 16.0. The number of nitro groups is 1. The molecule has 1 aliphatic heterocycles. The van der Waals surface area contributed by atoms with Crippen LogP contribution in [0.2, 0.25) is 0 Å². The van der Waals surface area contributed by atoms with Gasteiger partial charge in [-0.15, -0.1) is 0 Å². The van der Waals surface area contributed by atoms with E-state index >= 15 is 0 Å². The number of hydrogen-bond donors (Lipinski definition) is 2. The second-order valence-electron chi connectivity index (χ2n) is 7.54. The fraction of sp³-hybridized carbons (Fsp3) is 0.174. The van der Waals surface area contributed by atoms with Crippen LogP contribution in [0.4, 0.5) is 17.1 Å². The first-order chi connectivity index (χ1) is 14.6. The highest BCUT2D eigenvalue weighted by molar-refractivity contribution is 6.01. The number of anilines is 2. The maximum atomic E-state index is 13.3. The van der Waals surface area contributed by atoms with Crippen LogP contribution in [-0.2, 0) is 4.79 Å². The zero-order valence-corrected chi connectivity index (χ0v) is 16.0. The Bertz CT molecular complexity index is 1170. The summed E-state index contributed by atoms with van der Waals surface area (Å²) in [6, 6.07) is 17.6. The molecule has 30 heavy (non-hydrogen) atoms. The normalized spacial score (nSPS) is 20.5. The second kappa shape index (κ2) is 7.18. The minimum absolute atomic E-state index is 0.00182. The molecule has 150 valence electrons. The molecule has 1 aromatic heterocycles. The zero-order chi connectivity index (χ0) is 20.7. The number of fused-ring (bicyclic) bond motifs is 1. The van der Waals surface area contributed by atoms with Crippen molar-refractivity contribution < 1.29 is 14.1 Å². The van der Waals surface area contributed by atoms with Crippen molar-refractivity contribution in [2.45, 2.75) is 24.8 Å². The van der Waals surface area contributed by atoms with Gasteiger partial charge in [-0.2, -0.15) is 0 Å². The van der Waals surface area contributed by atoms with Crippen molar-refractivity contribution in [3.05, 3.63) is 99.6 Å². The maximum absolute atomic E-state index is 13.3. The van der Waals surface area contributed by atoms with Gasteiger partial charge in [0.25, 0.3) is 5.69 Å². The van der Waals surface area contributed by atoms with E-state index in [1.54, 1.807) is 24.5 Å². The van der Waals surface area contributed by atoms with E-state index < -0.39 is 11.0 Å². The van der Waals surface area contributed by atoms with Gasteiger partial charge in [0.1, 0.15) is 11.8 Å². The SMILES string of the molecule is O=C1C[C@@H](c2cccc([N+](=O)[O-])c2)CC2=C1[C@H](c1ccco1)Nc1ccccc1N2. The number of nitrogens with one attached hydrogen (secondary N) is 2. The van der Waals surface area contributed by atoms with Gasteiger partial charge in [0.15, 0.2) is 5.78 Å². The Labute approximate surface area is 172 Å². The summed E-state index contributed by atoms with van der Waals surface area (Å²) in [6.07, 6.45) is 2.47. The van der Waals surface area contributed by atoms with Gasteiger partial charge in [0.2, 0.25) is 0 Å². The molecule has 2 N–H and O–H groups in total. The first-order valence-corrected chi connectivity index (χ1v) is 9.77. The Balaban J connectivity index is 1.58. The molecule has 2 heterocycles. The number of non-ortho nitro benzene ring substituents is 1. The number of rotatable bonds is 3. The van der Waals surface area contributed by atoms with Crippen LogP contribution in [0.25, 0.3) is 0 Å². The second-order valence-corrected chi connectivity index (χ2v) is 7.54. The topological polar surface area (TPSA) is 97.4 Å². The minimum atomic E-state index is -0.407. The standard InChI is InChI=1S/C23H19N3O4/c27-20-13-15(14-5-3-6-16(11-14)26(28)29)12-19-22(20)23(21-9-4-10-30-21)25-18-8-2-1-7-17(18)24-19/h1-11,15,23-25H,12-13H2/t15-,23-/m0/s1. The molecule has 0 amide bonds.